The fourth-order valence-corrected chi connectivity index (χ4v) is 9.21. The molecule has 0 aromatic heterocycles. The van der Waals surface area contributed by atoms with Gasteiger partial charge in [0.1, 0.15) is 6.04 Å². The third-order valence-corrected chi connectivity index (χ3v) is 12.4. The van der Waals surface area contributed by atoms with Crippen LogP contribution in [0.2, 0.25) is 0 Å². The average molecular weight is 861 g/mol. The Hall–Kier alpha value is -6.00. The van der Waals surface area contributed by atoms with Crippen LogP contribution in [0.3, 0.4) is 0 Å². The van der Waals surface area contributed by atoms with Crippen LogP contribution in [0.1, 0.15) is 78.8 Å². The Morgan fingerprint density at radius 1 is 0.885 bits per heavy atom. The van der Waals surface area contributed by atoms with Gasteiger partial charge in [0, 0.05) is 46.7 Å². The quantitative estimate of drug-likeness (QED) is 0.0202. The highest BCUT2D eigenvalue weighted by Gasteiger charge is 2.42. The highest BCUT2D eigenvalue weighted by atomic mass is 32.2. The summed E-state index contributed by atoms with van der Waals surface area (Å²) in [6.07, 6.45) is 5.41. The first-order valence-electron chi connectivity index (χ1n) is 20.4. The Morgan fingerprint density at radius 3 is 2.30 bits per heavy atom. The lowest BCUT2D eigenvalue weighted by molar-refractivity contribution is -0.123. The molecule has 17 nitrogen and oxygen atoms in total. The van der Waals surface area contributed by atoms with Gasteiger partial charge in [-0.2, -0.15) is 11.8 Å². The van der Waals surface area contributed by atoms with E-state index in [1.165, 1.54) is 38.5 Å². The number of carbonyl (C=O) groups excluding carboxylic acids is 4. The summed E-state index contributed by atoms with van der Waals surface area (Å²) < 4.78 is 22.0. The van der Waals surface area contributed by atoms with Crippen molar-refractivity contribution in [2.75, 3.05) is 47.3 Å². The van der Waals surface area contributed by atoms with Gasteiger partial charge < -0.3 is 50.6 Å². The molecule has 5 atom stereocenters. The molecule has 0 radical (unpaired) electrons. The number of rotatable bonds is 24. The Labute approximate surface area is 360 Å². The van der Waals surface area contributed by atoms with Crippen molar-refractivity contribution < 1.29 is 43.2 Å². The molecule has 5 amide bonds. The molecule has 2 saturated heterocycles. The van der Waals surface area contributed by atoms with Crippen molar-refractivity contribution in [3.05, 3.63) is 81.7 Å². The van der Waals surface area contributed by atoms with E-state index in [-0.39, 0.29) is 48.1 Å². The molecular weight excluding hydrogens is 805 g/mol. The van der Waals surface area contributed by atoms with Gasteiger partial charge in [0.15, 0.2) is 23.0 Å². The smallest absolute Gasteiger partial charge is 0.315 e. The van der Waals surface area contributed by atoms with Gasteiger partial charge in [0.25, 0.3) is 5.91 Å². The number of benzene rings is 3. The molecule has 6 N–H and O–H groups in total. The van der Waals surface area contributed by atoms with Gasteiger partial charge in [-0.3, -0.25) is 14.4 Å². The largest absolute Gasteiger partial charge is 0.504 e. The normalized spacial score (nSPS) is 17.4. The number of phenolic OH excluding ortho intramolecular Hbond substituents is 1. The van der Waals surface area contributed by atoms with Crippen molar-refractivity contribution in [3.8, 4) is 28.7 Å². The molecule has 0 saturated carbocycles. The number of ether oxygens (including phenoxy) is 4. The molecular formula is C43H56N8O9S. The number of hydrogen-bond donors (Lipinski definition) is 6. The third-order valence-electron chi connectivity index (χ3n) is 10.9. The SMILES string of the molecule is COc1ccc(CC(CCNC(=O)[C@H](CCCCNC(=O)CCCC[C@@H]2SC[C@@H]3NC(=O)N[C@@H]32)NC(=O)c2ccc(N=[N+]=[N-])cc2)c2cc(OC)c(OC)c(OC)c2)cc1O. The van der Waals surface area contributed by atoms with Crippen LogP contribution < -0.4 is 45.5 Å². The van der Waals surface area contributed by atoms with Gasteiger partial charge in [-0.25, -0.2) is 4.79 Å². The monoisotopic (exact) mass is 860 g/mol. The van der Waals surface area contributed by atoms with Crippen LogP contribution in [0.15, 0.2) is 59.7 Å². The lowest BCUT2D eigenvalue weighted by Gasteiger charge is -2.23. The number of fused-ring (bicyclic) bond motifs is 1. The summed E-state index contributed by atoms with van der Waals surface area (Å²) in [5.74, 6) is 1.61. The first-order chi connectivity index (χ1) is 29.6. The molecule has 3 aromatic rings. The molecule has 5 rings (SSSR count). The standard InChI is InChI=1S/C43H56N8O9S/c1-57-34-17-12-26(22-33(34)52)21-28(29-23-35(58-2)40(60-4)36(24-29)59-3)18-20-46-42(55)31(47-41(54)27-13-15-30(16-14-27)50-51-44)9-7-8-19-45-38(53)11-6-5-10-37-39-32(25-61-37)48-43(56)49-39/h12-17,22-24,28,31-32,37,39,52H,5-11,18-21,25H2,1-4H3,(H,45,53)(H,46,55)(H,47,54)(H2,48,49,56)/t28?,31-,32-,37-,39-/m0/s1. The minimum atomic E-state index is -0.883. The second-order valence-corrected chi connectivity index (χ2v) is 16.2. The number of phenols is 1. The Morgan fingerprint density at radius 2 is 1.62 bits per heavy atom. The Kier molecular flexibility index (Phi) is 17.5. The van der Waals surface area contributed by atoms with E-state index in [2.05, 4.69) is 36.6 Å². The van der Waals surface area contributed by atoms with Crippen molar-refractivity contribution >= 4 is 41.2 Å². The lowest BCUT2D eigenvalue weighted by Crippen LogP contribution is -2.47. The number of nitrogens with one attached hydrogen (secondary N) is 5. The van der Waals surface area contributed by atoms with E-state index in [1.807, 2.05) is 30.0 Å². The maximum absolute atomic E-state index is 13.8. The van der Waals surface area contributed by atoms with Gasteiger partial charge in [0.2, 0.25) is 17.6 Å². The maximum atomic E-state index is 13.8. The van der Waals surface area contributed by atoms with Crippen LogP contribution in [0.25, 0.3) is 10.4 Å². The number of aromatic hydroxyl groups is 1. The molecule has 18 heteroatoms. The van der Waals surface area contributed by atoms with E-state index in [0.29, 0.717) is 84.6 Å². The number of azide groups is 1. The first-order valence-corrected chi connectivity index (χ1v) is 21.5. The summed E-state index contributed by atoms with van der Waals surface area (Å²) in [6, 6.07) is 14.4. The van der Waals surface area contributed by atoms with Crippen molar-refractivity contribution in [2.45, 2.75) is 87.1 Å². The molecule has 0 bridgehead atoms. The fourth-order valence-electron chi connectivity index (χ4n) is 7.67. The van der Waals surface area contributed by atoms with Gasteiger partial charge in [-0.05, 0) is 104 Å². The Balaban J connectivity index is 1.18. The van der Waals surface area contributed by atoms with Gasteiger partial charge >= 0.3 is 6.03 Å². The number of methoxy groups -OCH3 is 4. The number of urea groups is 1. The van der Waals surface area contributed by atoms with E-state index >= 15 is 0 Å². The average Bonchev–Trinajstić information content (AvgIpc) is 3.82. The van der Waals surface area contributed by atoms with E-state index in [1.54, 1.807) is 26.4 Å². The number of thioether (sulfide) groups is 1. The number of unbranched alkanes of at least 4 members (excludes halogenated alkanes) is 2. The zero-order chi connectivity index (χ0) is 43.7. The molecule has 0 spiro atoms. The summed E-state index contributed by atoms with van der Waals surface area (Å²) in [4.78, 5) is 54.2. The summed E-state index contributed by atoms with van der Waals surface area (Å²) in [7, 11) is 6.09. The highest BCUT2D eigenvalue weighted by molar-refractivity contribution is 8.00. The van der Waals surface area contributed by atoms with Crippen LogP contribution in [-0.4, -0.2) is 99.5 Å². The summed E-state index contributed by atoms with van der Waals surface area (Å²) in [6.45, 7) is 0.678. The van der Waals surface area contributed by atoms with Crippen molar-refractivity contribution in [1.29, 1.82) is 0 Å². The van der Waals surface area contributed by atoms with Gasteiger partial charge in [-0.15, -0.1) is 0 Å². The summed E-state index contributed by atoms with van der Waals surface area (Å²) in [5, 5.41) is 29.3. The number of nitrogens with zero attached hydrogens (tertiary/aromatic N) is 3. The molecule has 2 aliphatic heterocycles. The summed E-state index contributed by atoms with van der Waals surface area (Å²) >= 11 is 1.86. The van der Waals surface area contributed by atoms with E-state index in [0.717, 1.165) is 36.1 Å². The van der Waals surface area contributed by atoms with Crippen molar-refractivity contribution in [2.24, 2.45) is 5.11 Å². The molecule has 3 aromatic carbocycles. The zero-order valence-corrected chi connectivity index (χ0v) is 35.8. The molecule has 2 fully saturated rings. The second-order valence-electron chi connectivity index (χ2n) is 14.9. The maximum Gasteiger partial charge on any atom is 0.315 e. The summed E-state index contributed by atoms with van der Waals surface area (Å²) in [5.41, 5.74) is 11.1. The molecule has 0 aliphatic carbocycles. The molecule has 1 unspecified atom stereocenters. The zero-order valence-electron chi connectivity index (χ0n) is 35.0. The predicted molar refractivity (Wildman–Crippen MR) is 232 cm³/mol. The van der Waals surface area contributed by atoms with Crippen molar-refractivity contribution in [1.82, 2.24) is 26.6 Å². The van der Waals surface area contributed by atoms with Crippen molar-refractivity contribution in [3.63, 3.8) is 0 Å². The molecule has 328 valence electrons. The molecule has 61 heavy (non-hydrogen) atoms. The lowest BCUT2D eigenvalue weighted by atomic mass is 9.88. The number of carbonyl (C=O) groups is 4. The first kappa shape index (κ1) is 46.1. The van der Waals surface area contributed by atoms with Gasteiger partial charge in [-0.1, -0.05) is 29.7 Å². The van der Waals surface area contributed by atoms with E-state index < -0.39 is 11.9 Å². The second kappa shape index (κ2) is 23.1. The molecule has 2 heterocycles. The Bertz CT molecular complexity index is 2010. The van der Waals surface area contributed by atoms with Crippen LogP contribution in [0.5, 0.6) is 28.7 Å². The van der Waals surface area contributed by atoms with Gasteiger partial charge in [0.05, 0.1) is 40.5 Å². The molecule has 2 aliphatic rings. The van der Waals surface area contributed by atoms with Crippen LogP contribution in [0, 0.1) is 0 Å². The van der Waals surface area contributed by atoms with E-state index in [9.17, 15) is 24.3 Å². The minimum absolute atomic E-state index is 0.00886. The fraction of sp³-hybridized carbons (Fsp3) is 0.488. The highest BCUT2D eigenvalue weighted by Crippen LogP contribution is 2.42. The minimum Gasteiger partial charge on any atom is -0.504 e. The number of hydrogen-bond acceptors (Lipinski definition) is 11. The number of amides is 5. The van der Waals surface area contributed by atoms with E-state index in [4.69, 9.17) is 24.5 Å². The topological polar surface area (TPSA) is 234 Å². The van der Waals surface area contributed by atoms with Crippen LogP contribution in [-0.2, 0) is 16.0 Å². The van der Waals surface area contributed by atoms with Crippen LogP contribution in [0.4, 0.5) is 10.5 Å². The third kappa shape index (κ3) is 13.0. The van der Waals surface area contributed by atoms with Crippen LogP contribution >= 0.6 is 11.8 Å². The predicted octanol–water partition coefficient (Wildman–Crippen LogP) is 6.01.